The molecule has 0 saturated carbocycles. The molecule has 2 nitrogen and oxygen atoms in total. The van der Waals surface area contributed by atoms with Crippen molar-refractivity contribution in [3.8, 4) is 5.75 Å². The highest BCUT2D eigenvalue weighted by atomic mass is 19.1. The maximum atomic E-state index is 13.0. The quantitative estimate of drug-likeness (QED) is 0.862. The molecule has 0 radical (unpaired) electrons. The summed E-state index contributed by atoms with van der Waals surface area (Å²) in [5.41, 5.74) is 2.09. The third-order valence-corrected chi connectivity index (χ3v) is 3.26. The van der Waals surface area contributed by atoms with Crippen LogP contribution in [0.15, 0.2) is 48.5 Å². The molecule has 0 spiro atoms. The summed E-state index contributed by atoms with van der Waals surface area (Å²) in [6, 6.07) is 14.5. The number of rotatable bonds is 6. The van der Waals surface area contributed by atoms with Gasteiger partial charge in [0.15, 0.2) is 0 Å². The first kappa shape index (κ1) is 14.5. The second-order valence-corrected chi connectivity index (χ2v) is 4.82. The maximum absolute atomic E-state index is 13.0. The SMILES string of the molecule is CNCC[C@@H](Oc1ccccc1C)c1ccc(F)cc1. The molecule has 2 aromatic rings. The van der Waals surface area contributed by atoms with Crippen LogP contribution in [0.4, 0.5) is 4.39 Å². The highest BCUT2D eigenvalue weighted by molar-refractivity contribution is 5.33. The van der Waals surface area contributed by atoms with E-state index in [1.54, 1.807) is 12.1 Å². The van der Waals surface area contributed by atoms with Crippen LogP contribution in [0.3, 0.4) is 0 Å². The van der Waals surface area contributed by atoms with Crippen LogP contribution in [0.5, 0.6) is 5.75 Å². The van der Waals surface area contributed by atoms with Crippen molar-refractivity contribution in [2.75, 3.05) is 13.6 Å². The Labute approximate surface area is 119 Å². The Morgan fingerprint density at radius 2 is 1.80 bits per heavy atom. The van der Waals surface area contributed by atoms with Gasteiger partial charge in [-0.05, 0) is 49.8 Å². The average molecular weight is 273 g/mol. The molecule has 1 N–H and O–H groups in total. The Bertz CT molecular complexity index is 539. The number of hydrogen-bond donors (Lipinski definition) is 1. The van der Waals surface area contributed by atoms with Crippen LogP contribution in [-0.4, -0.2) is 13.6 Å². The second kappa shape index (κ2) is 7.06. The Balaban J connectivity index is 2.19. The Hall–Kier alpha value is -1.87. The van der Waals surface area contributed by atoms with Gasteiger partial charge < -0.3 is 10.1 Å². The number of nitrogens with one attached hydrogen (secondary N) is 1. The van der Waals surface area contributed by atoms with Crippen molar-refractivity contribution >= 4 is 0 Å². The number of hydrogen-bond acceptors (Lipinski definition) is 2. The van der Waals surface area contributed by atoms with Crippen LogP contribution in [0.1, 0.15) is 23.7 Å². The third-order valence-electron chi connectivity index (χ3n) is 3.26. The van der Waals surface area contributed by atoms with Gasteiger partial charge in [-0.1, -0.05) is 30.3 Å². The minimum atomic E-state index is -0.225. The molecular formula is C17H20FNO. The monoisotopic (exact) mass is 273 g/mol. The smallest absolute Gasteiger partial charge is 0.125 e. The van der Waals surface area contributed by atoms with Crippen molar-refractivity contribution in [2.45, 2.75) is 19.4 Å². The fourth-order valence-corrected chi connectivity index (χ4v) is 2.09. The molecule has 0 saturated heterocycles. The van der Waals surface area contributed by atoms with Gasteiger partial charge in [0.25, 0.3) is 0 Å². The Kier molecular flexibility index (Phi) is 5.13. The molecule has 0 fully saturated rings. The van der Waals surface area contributed by atoms with Crippen molar-refractivity contribution < 1.29 is 9.13 Å². The van der Waals surface area contributed by atoms with Gasteiger partial charge in [0.2, 0.25) is 0 Å². The van der Waals surface area contributed by atoms with Crippen molar-refractivity contribution in [1.82, 2.24) is 5.32 Å². The lowest BCUT2D eigenvalue weighted by Gasteiger charge is -2.21. The normalized spacial score (nSPS) is 12.2. The number of benzene rings is 2. The van der Waals surface area contributed by atoms with Gasteiger partial charge in [0, 0.05) is 6.42 Å². The van der Waals surface area contributed by atoms with E-state index in [0.717, 1.165) is 29.8 Å². The predicted octanol–water partition coefficient (Wildman–Crippen LogP) is 3.86. The van der Waals surface area contributed by atoms with Gasteiger partial charge in [-0.15, -0.1) is 0 Å². The van der Waals surface area contributed by atoms with E-state index in [1.165, 1.54) is 12.1 Å². The van der Waals surface area contributed by atoms with Crippen molar-refractivity contribution in [1.29, 1.82) is 0 Å². The van der Waals surface area contributed by atoms with Crippen molar-refractivity contribution in [3.63, 3.8) is 0 Å². The van der Waals surface area contributed by atoms with Gasteiger partial charge in [0.1, 0.15) is 17.7 Å². The van der Waals surface area contributed by atoms with E-state index in [-0.39, 0.29) is 11.9 Å². The average Bonchev–Trinajstić information content (AvgIpc) is 2.46. The molecule has 1 atom stereocenters. The summed E-state index contributed by atoms with van der Waals surface area (Å²) >= 11 is 0. The maximum Gasteiger partial charge on any atom is 0.125 e. The standard InChI is InChI=1S/C17H20FNO/c1-13-5-3-4-6-16(13)20-17(11-12-19-2)14-7-9-15(18)10-8-14/h3-10,17,19H,11-12H2,1-2H3/t17-/m1/s1. The summed E-state index contributed by atoms with van der Waals surface area (Å²) in [5.74, 6) is 0.648. The molecule has 0 aliphatic carbocycles. The first-order chi connectivity index (χ1) is 9.70. The lowest BCUT2D eigenvalue weighted by molar-refractivity contribution is 0.193. The van der Waals surface area contributed by atoms with Crippen LogP contribution < -0.4 is 10.1 Å². The van der Waals surface area contributed by atoms with Crippen LogP contribution >= 0.6 is 0 Å². The molecule has 2 rings (SSSR count). The van der Waals surface area contributed by atoms with Gasteiger partial charge in [0.05, 0.1) is 0 Å². The van der Waals surface area contributed by atoms with E-state index >= 15 is 0 Å². The van der Waals surface area contributed by atoms with E-state index in [4.69, 9.17) is 4.74 Å². The Morgan fingerprint density at radius 3 is 2.45 bits per heavy atom. The predicted molar refractivity (Wildman–Crippen MR) is 79.5 cm³/mol. The van der Waals surface area contributed by atoms with E-state index in [0.29, 0.717) is 0 Å². The summed E-state index contributed by atoms with van der Waals surface area (Å²) < 4.78 is 19.2. The third kappa shape index (κ3) is 3.81. The van der Waals surface area contributed by atoms with E-state index in [9.17, 15) is 4.39 Å². The number of aryl methyl sites for hydroxylation is 1. The fourth-order valence-electron chi connectivity index (χ4n) is 2.09. The fraction of sp³-hybridized carbons (Fsp3) is 0.294. The molecule has 0 aromatic heterocycles. The summed E-state index contributed by atoms with van der Waals surface area (Å²) in [6.45, 7) is 2.86. The first-order valence-corrected chi connectivity index (χ1v) is 6.83. The molecule has 0 bridgehead atoms. The lowest BCUT2D eigenvalue weighted by Crippen LogP contribution is -2.16. The molecule has 3 heteroatoms. The molecule has 0 aliphatic rings. The van der Waals surface area contributed by atoms with Gasteiger partial charge >= 0.3 is 0 Å². The zero-order valence-corrected chi connectivity index (χ0v) is 11.9. The summed E-state index contributed by atoms with van der Waals surface area (Å²) in [7, 11) is 1.91. The van der Waals surface area contributed by atoms with Crippen LogP contribution in [0, 0.1) is 12.7 Å². The minimum absolute atomic E-state index is 0.0795. The molecule has 0 heterocycles. The number of ether oxygens (including phenoxy) is 1. The highest BCUT2D eigenvalue weighted by Crippen LogP contribution is 2.27. The molecule has 0 amide bonds. The highest BCUT2D eigenvalue weighted by Gasteiger charge is 2.14. The summed E-state index contributed by atoms with van der Waals surface area (Å²) in [5, 5.41) is 3.13. The van der Waals surface area contributed by atoms with Crippen LogP contribution in [0.2, 0.25) is 0 Å². The minimum Gasteiger partial charge on any atom is -0.485 e. The van der Waals surface area contributed by atoms with Crippen molar-refractivity contribution in [2.24, 2.45) is 0 Å². The molecule has 20 heavy (non-hydrogen) atoms. The van der Waals surface area contributed by atoms with Crippen LogP contribution in [-0.2, 0) is 0 Å². The topological polar surface area (TPSA) is 21.3 Å². The van der Waals surface area contributed by atoms with Crippen molar-refractivity contribution in [3.05, 3.63) is 65.5 Å². The molecule has 106 valence electrons. The zero-order valence-electron chi connectivity index (χ0n) is 11.9. The Morgan fingerprint density at radius 1 is 1.10 bits per heavy atom. The van der Waals surface area contributed by atoms with Gasteiger partial charge in [-0.2, -0.15) is 0 Å². The van der Waals surface area contributed by atoms with E-state index < -0.39 is 0 Å². The van der Waals surface area contributed by atoms with E-state index in [1.807, 2.05) is 38.2 Å². The molecule has 0 aliphatic heterocycles. The summed E-state index contributed by atoms with van der Waals surface area (Å²) in [6.07, 6.45) is 0.750. The van der Waals surface area contributed by atoms with E-state index in [2.05, 4.69) is 5.32 Å². The summed E-state index contributed by atoms with van der Waals surface area (Å²) in [4.78, 5) is 0. The van der Waals surface area contributed by atoms with Gasteiger partial charge in [-0.3, -0.25) is 0 Å². The molecule has 0 unspecified atom stereocenters. The second-order valence-electron chi connectivity index (χ2n) is 4.82. The lowest BCUT2D eigenvalue weighted by atomic mass is 10.1. The molecular weight excluding hydrogens is 253 g/mol. The number of halogens is 1. The zero-order chi connectivity index (χ0) is 14.4. The number of para-hydroxylation sites is 1. The van der Waals surface area contributed by atoms with Crippen LogP contribution in [0.25, 0.3) is 0 Å². The van der Waals surface area contributed by atoms with Gasteiger partial charge in [-0.25, -0.2) is 4.39 Å². The molecule has 2 aromatic carbocycles. The first-order valence-electron chi connectivity index (χ1n) is 6.83. The largest absolute Gasteiger partial charge is 0.485 e.